The molecule has 1 aromatic rings. The Balaban J connectivity index is 2.21. The second kappa shape index (κ2) is 6.31. The highest BCUT2D eigenvalue weighted by Crippen LogP contribution is 2.25. The van der Waals surface area contributed by atoms with Crippen LogP contribution in [0.25, 0.3) is 0 Å². The van der Waals surface area contributed by atoms with E-state index in [1.165, 1.54) is 0 Å². The Labute approximate surface area is 119 Å². The van der Waals surface area contributed by atoms with Crippen LogP contribution in [0.4, 0.5) is 0 Å². The summed E-state index contributed by atoms with van der Waals surface area (Å²) < 4.78 is 5.48. The lowest BCUT2D eigenvalue weighted by atomic mass is 9.97. The molecule has 0 aromatic carbocycles. The number of hydrogen-bond acceptors (Lipinski definition) is 4. The Morgan fingerprint density at radius 2 is 2.05 bits per heavy atom. The van der Waals surface area contributed by atoms with Gasteiger partial charge in [0.1, 0.15) is 5.82 Å². The van der Waals surface area contributed by atoms with Gasteiger partial charge in [-0.3, -0.25) is 4.79 Å². The molecule has 1 aliphatic rings. The van der Waals surface area contributed by atoms with Gasteiger partial charge in [0, 0.05) is 23.9 Å². The van der Waals surface area contributed by atoms with E-state index in [-0.39, 0.29) is 5.92 Å². The third-order valence-electron chi connectivity index (χ3n) is 3.90. The molecule has 2 atom stereocenters. The number of aliphatic carboxylic acids is 1. The molecular formula is C15H22N2O3. The molecule has 20 heavy (non-hydrogen) atoms. The van der Waals surface area contributed by atoms with Crippen LogP contribution in [0.1, 0.15) is 48.5 Å². The van der Waals surface area contributed by atoms with E-state index in [9.17, 15) is 4.79 Å². The van der Waals surface area contributed by atoms with Crippen molar-refractivity contribution in [3.8, 4) is 0 Å². The molecule has 2 heterocycles. The van der Waals surface area contributed by atoms with Gasteiger partial charge in [0.15, 0.2) is 0 Å². The van der Waals surface area contributed by atoms with Crippen LogP contribution >= 0.6 is 0 Å². The Kier molecular flexibility index (Phi) is 4.70. The van der Waals surface area contributed by atoms with E-state index in [1.54, 1.807) is 6.92 Å². The number of carboxylic acid groups (broad SMARTS) is 1. The Morgan fingerprint density at radius 1 is 1.40 bits per heavy atom. The summed E-state index contributed by atoms with van der Waals surface area (Å²) in [5.74, 6) is -0.0908. The third kappa shape index (κ3) is 3.33. The van der Waals surface area contributed by atoms with Crippen molar-refractivity contribution in [2.45, 2.75) is 46.0 Å². The molecule has 110 valence electrons. The highest BCUT2D eigenvalue weighted by atomic mass is 16.5. The fourth-order valence-electron chi connectivity index (χ4n) is 2.58. The van der Waals surface area contributed by atoms with E-state index in [1.807, 2.05) is 13.8 Å². The number of carbonyl (C=O) groups is 1. The highest BCUT2D eigenvalue weighted by Gasteiger charge is 2.22. The van der Waals surface area contributed by atoms with Gasteiger partial charge in [-0.2, -0.15) is 0 Å². The zero-order valence-electron chi connectivity index (χ0n) is 12.3. The lowest BCUT2D eigenvalue weighted by Gasteiger charge is -2.22. The molecule has 1 saturated heterocycles. The maximum absolute atomic E-state index is 11.0. The molecule has 0 radical (unpaired) electrons. The molecule has 1 fully saturated rings. The topological polar surface area (TPSA) is 72.3 Å². The summed E-state index contributed by atoms with van der Waals surface area (Å²) in [6.45, 7) is 7.09. The number of aromatic nitrogens is 2. The molecule has 1 N–H and O–H groups in total. The first-order chi connectivity index (χ1) is 9.49. The van der Waals surface area contributed by atoms with Gasteiger partial charge in [0.2, 0.25) is 0 Å². The smallest absolute Gasteiger partial charge is 0.306 e. The lowest BCUT2D eigenvalue weighted by molar-refractivity contribution is -0.141. The Morgan fingerprint density at radius 3 is 2.55 bits per heavy atom. The van der Waals surface area contributed by atoms with Gasteiger partial charge in [-0.15, -0.1) is 0 Å². The van der Waals surface area contributed by atoms with E-state index < -0.39 is 11.9 Å². The van der Waals surface area contributed by atoms with Crippen molar-refractivity contribution in [1.82, 2.24) is 9.97 Å². The number of hydrogen-bond donors (Lipinski definition) is 1. The first kappa shape index (κ1) is 14.9. The monoisotopic (exact) mass is 278 g/mol. The van der Waals surface area contributed by atoms with Crippen LogP contribution < -0.4 is 0 Å². The minimum Gasteiger partial charge on any atom is -0.481 e. The van der Waals surface area contributed by atoms with Gasteiger partial charge in [0.25, 0.3) is 0 Å². The van der Waals surface area contributed by atoms with Crippen molar-refractivity contribution in [2.24, 2.45) is 5.92 Å². The fourth-order valence-corrected chi connectivity index (χ4v) is 2.58. The van der Waals surface area contributed by atoms with Gasteiger partial charge in [0.05, 0.1) is 12.5 Å². The summed E-state index contributed by atoms with van der Waals surface area (Å²) in [5.41, 5.74) is 2.75. The number of rotatable bonds is 4. The van der Waals surface area contributed by atoms with Gasteiger partial charge in [-0.25, -0.2) is 9.97 Å². The van der Waals surface area contributed by atoms with Crippen molar-refractivity contribution in [2.75, 3.05) is 13.2 Å². The number of carboxylic acids is 1. The summed E-state index contributed by atoms with van der Waals surface area (Å²) in [6.07, 6.45) is 2.59. The summed E-state index contributed by atoms with van der Waals surface area (Å²) in [4.78, 5) is 20.2. The van der Waals surface area contributed by atoms with Crippen molar-refractivity contribution < 1.29 is 14.6 Å². The number of nitrogens with zero attached hydrogens (tertiary/aromatic N) is 2. The maximum Gasteiger partial charge on any atom is 0.306 e. The van der Waals surface area contributed by atoms with Crippen molar-refractivity contribution in [3.05, 3.63) is 22.8 Å². The van der Waals surface area contributed by atoms with E-state index in [0.29, 0.717) is 13.0 Å². The molecule has 1 aromatic heterocycles. The molecule has 0 bridgehead atoms. The SMILES string of the molecule is Cc1nc(C2CCCOC2)nc(C)c1CC(C)C(=O)O. The second-order valence-electron chi connectivity index (χ2n) is 5.59. The van der Waals surface area contributed by atoms with E-state index in [4.69, 9.17) is 9.84 Å². The first-order valence-corrected chi connectivity index (χ1v) is 7.13. The van der Waals surface area contributed by atoms with Crippen molar-refractivity contribution in [1.29, 1.82) is 0 Å². The van der Waals surface area contributed by atoms with Gasteiger partial charge in [-0.05, 0) is 38.7 Å². The average molecular weight is 278 g/mol. The standard InChI is InChI=1S/C15H22N2O3/c1-9(15(18)19)7-13-10(2)16-14(17-11(13)3)12-5-4-6-20-8-12/h9,12H,4-8H2,1-3H3,(H,18,19). The normalized spacial score (nSPS) is 20.6. The van der Waals surface area contributed by atoms with Crippen LogP contribution in [-0.4, -0.2) is 34.3 Å². The van der Waals surface area contributed by atoms with Crippen LogP contribution in [0.5, 0.6) is 0 Å². The molecule has 0 saturated carbocycles. The highest BCUT2D eigenvalue weighted by molar-refractivity contribution is 5.70. The average Bonchev–Trinajstić information content (AvgIpc) is 2.43. The van der Waals surface area contributed by atoms with Crippen LogP contribution in [-0.2, 0) is 16.0 Å². The zero-order chi connectivity index (χ0) is 14.7. The molecule has 1 aliphatic heterocycles. The Hall–Kier alpha value is -1.49. The summed E-state index contributed by atoms with van der Waals surface area (Å²) in [6, 6.07) is 0. The fraction of sp³-hybridized carbons (Fsp3) is 0.667. The van der Waals surface area contributed by atoms with Crippen LogP contribution in [0.15, 0.2) is 0 Å². The zero-order valence-corrected chi connectivity index (χ0v) is 12.3. The first-order valence-electron chi connectivity index (χ1n) is 7.13. The molecular weight excluding hydrogens is 256 g/mol. The predicted molar refractivity (Wildman–Crippen MR) is 74.8 cm³/mol. The van der Waals surface area contributed by atoms with Gasteiger partial charge >= 0.3 is 5.97 Å². The second-order valence-corrected chi connectivity index (χ2v) is 5.59. The molecule has 2 unspecified atom stereocenters. The minimum atomic E-state index is -0.784. The summed E-state index contributed by atoms with van der Waals surface area (Å²) >= 11 is 0. The van der Waals surface area contributed by atoms with Gasteiger partial charge in [-0.1, -0.05) is 6.92 Å². The quantitative estimate of drug-likeness (QED) is 0.914. The third-order valence-corrected chi connectivity index (χ3v) is 3.90. The largest absolute Gasteiger partial charge is 0.481 e. The molecule has 0 amide bonds. The molecule has 5 heteroatoms. The molecule has 2 rings (SSSR count). The number of aryl methyl sites for hydroxylation is 2. The van der Waals surface area contributed by atoms with Crippen molar-refractivity contribution >= 4 is 5.97 Å². The Bertz CT molecular complexity index is 473. The summed E-state index contributed by atoms with van der Waals surface area (Å²) in [7, 11) is 0. The number of ether oxygens (including phenoxy) is 1. The van der Waals surface area contributed by atoms with Crippen molar-refractivity contribution in [3.63, 3.8) is 0 Å². The van der Waals surface area contributed by atoms with Gasteiger partial charge < -0.3 is 9.84 Å². The summed E-state index contributed by atoms with van der Waals surface area (Å²) in [5, 5.41) is 9.03. The van der Waals surface area contributed by atoms with Crippen LogP contribution in [0.2, 0.25) is 0 Å². The van der Waals surface area contributed by atoms with Crippen LogP contribution in [0.3, 0.4) is 0 Å². The van der Waals surface area contributed by atoms with E-state index >= 15 is 0 Å². The molecule has 0 aliphatic carbocycles. The molecule has 0 spiro atoms. The maximum atomic E-state index is 11.0. The lowest BCUT2D eigenvalue weighted by Crippen LogP contribution is -2.20. The molecule has 5 nitrogen and oxygen atoms in total. The predicted octanol–water partition coefficient (Wildman–Crippen LogP) is 2.25. The van der Waals surface area contributed by atoms with Crippen LogP contribution in [0, 0.1) is 19.8 Å². The van der Waals surface area contributed by atoms with E-state index in [2.05, 4.69) is 9.97 Å². The minimum absolute atomic E-state index is 0.270. The van der Waals surface area contributed by atoms with E-state index in [0.717, 1.165) is 42.2 Å².